The van der Waals surface area contributed by atoms with Crippen molar-refractivity contribution in [1.29, 1.82) is 0 Å². The van der Waals surface area contributed by atoms with Gasteiger partial charge < -0.3 is 16.4 Å². The van der Waals surface area contributed by atoms with E-state index in [9.17, 15) is 0 Å². The Morgan fingerprint density at radius 3 is 0.600 bits per heavy atom. The maximum absolute atomic E-state index is 0. The summed E-state index contributed by atoms with van der Waals surface area (Å²) in [6, 6.07) is 0. The van der Waals surface area contributed by atoms with Crippen molar-refractivity contribution in [3.8, 4) is 0 Å². The van der Waals surface area contributed by atoms with Crippen LogP contribution in [0.5, 0.6) is 0 Å². The summed E-state index contributed by atoms with van der Waals surface area (Å²) < 4.78 is 0. The third-order valence-corrected chi connectivity index (χ3v) is 0. The molecule has 0 aliphatic carbocycles. The monoisotopic (exact) mass is 334 g/mol. The van der Waals surface area contributed by atoms with E-state index >= 15 is 0 Å². The molecule has 5 heteroatoms. The first-order valence-corrected chi connectivity index (χ1v) is 0. The van der Waals surface area contributed by atoms with Gasteiger partial charge in [-0.15, -0.1) is 0 Å². The number of hydrogen-bond donors (Lipinski definition) is 0. The Labute approximate surface area is 70.8 Å². The molecule has 0 radical (unpaired) electrons. The standard InChI is InChI=1S/Au.3O.Y/q+3;3*-2;+3. The summed E-state index contributed by atoms with van der Waals surface area (Å²) in [6.07, 6.45) is 0. The van der Waals surface area contributed by atoms with Crippen molar-refractivity contribution < 1.29 is 71.5 Å². The molecule has 0 rings (SSSR count). The first-order valence-electron chi connectivity index (χ1n) is 0. The van der Waals surface area contributed by atoms with Crippen LogP contribution in [0.4, 0.5) is 0 Å². The molecule has 0 aliphatic rings. The summed E-state index contributed by atoms with van der Waals surface area (Å²) in [7, 11) is 0. The SMILES string of the molecule is [Au+3].[O-2].[O-2].[O-2].[Y+3]. The van der Waals surface area contributed by atoms with E-state index in [1.807, 2.05) is 0 Å². The second-order valence-corrected chi connectivity index (χ2v) is 0. The van der Waals surface area contributed by atoms with Crippen LogP contribution in [0.25, 0.3) is 0 Å². The van der Waals surface area contributed by atoms with Crippen LogP contribution in [0.3, 0.4) is 0 Å². The van der Waals surface area contributed by atoms with Gasteiger partial charge in [-0.05, 0) is 0 Å². The van der Waals surface area contributed by atoms with Gasteiger partial charge in [0.05, 0.1) is 0 Å². The van der Waals surface area contributed by atoms with Crippen molar-refractivity contribution in [2.75, 3.05) is 0 Å². The third-order valence-electron chi connectivity index (χ3n) is 0. The van der Waals surface area contributed by atoms with E-state index in [0.29, 0.717) is 0 Å². The second kappa shape index (κ2) is 43.0. The summed E-state index contributed by atoms with van der Waals surface area (Å²) in [4.78, 5) is 0. The Kier molecular flexibility index (Phi) is 637. The van der Waals surface area contributed by atoms with E-state index in [1.165, 1.54) is 0 Å². The maximum Gasteiger partial charge on any atom is 3.00 e. The molecule has 0 aromatic rings. The van der Waals surface area contributed by atoms with Gasteiger partial charge in [-0.2, -0.15) is 0 Å². The molecule has 0 saturated heterocycles. The zero-order chi connectivity index (χ0) is 0. The van der Waals surface area contributed by atoms with Crippen LogP contribution in [0, 0.1) is 0 Å². The van der Waals surface area contributed by atoms with Gasteiger partial charge in [-0.1, -0.05) is 0 Å². The Morgan fingerprint density at radius 2 is 0.600 bits per heavy atom. The molecule has 0 fully saturated rings. The summed E-state index contributed by atoms with van der Waals surface area (Å²) in [5, 5.41) is 0. The van der Waals surface area contributed by atoms with Crippen LogP contribution in [0.1, 0.15) is 0 Å². The van der Waals surface area contributed by atoms with E-state index < -0.39 is 0 Å². The molecule has 0 spiro atoms. The molecule has 32 valence electrons. The molecule has 0 aromatic carbocycles. The normalized spacial score (nSPS) is 0. The smallest absolute Gasteiger partial charge is 2.00 e. The Morgan fingerprint density at radius 1 is 0.600 bits per heavy atom. The first kappa shape index (κ1) is 74.1. The van der Waals surface area contributed by atoms with E-state index in [-0.39, 0.29) is 71.5 Å². The third kappa shape index (κ3) is 26.7. The maximum atomic E-state index is 0. The summed E-state index contributed by atoms with van der Waals surface area (Å²) >= 11 is 0. The molecule has 5 heavy (non-hydrogen) atoms. The first-order chi connectivity index (χ1) is 0. The quantitative estimate of drug-likeness (QED) is 0.542. The topological polar surface area (TPSA) is 85.5 Å². The molecule has 0 N–H and O–H groups in total. The van der Waals surface area contributed by atoms with Crippen molar-refractivity contribution in [2.24, 2.45) is 0 Å². The molecular weight excluding hydrogens is 334 g/mol. The predicted molar refractivity (Wildman–Crippen MR) is 2.06 cm³/mol. The largest absolute Gasteiger partial charge is 3.00 e. The summed E-state index contributed by atoms with van der Waals surface area (Å²) in [5.74, 6) is 0. The molecule has 0 unspecified atom stereocenters. The minimum Gasteiger partial charge on any atom is -2.00 e. The van der Waals surface area contributed by atoms with Crippen LogP contribution < -0.4 is 0 Å². The minimum absolute atomic E-state index is 0. The van der Waals surface area contributed by atoms with Gasteiger partial charge in [-0.3, -0.25) is 0 Å². The summed E-state index contributed by atoms with van der Waals surface area (Å²) in [6.45, 7) is 0. The van der Waals surface area contributed by atoms with E-state index in [2.05, 4.69) is 0 Å². The molecule has 0 aromatic heterocycles. The van der Waals surface area contributed by atoms with E-state index in [1.54, 1.807) is 0 Å². The minimum atomic E-state index is 0. The summed E-state index contributed by atoms with van der Waals surface area (Å²) in [5.41, 5.74) is 0. The molecule has 0 aliphatic heterocycles. The molecule has 0 saturated carbocycles. The van der Waals surface area contributed by atoms with Crippen molar-refractivity contribution in [2.45, 2.75) is 0 Å². The molecule has 0 atom stereocenters. The fourth-order valence-corrected chi connectivity index (χ4v) is 0. The van der Waals surface area contributed by atoms with Crippen molar-refractivity contribution in [3.63, 3.8) is 0 Å². The molecule has 0 heterocycles. The van der Waals surface area contributed by atoms with Gasteiger partial charge in [0, 0.05) is 0 Å². The van der Waals surface area contributed by atoms with Gasteiger partial charge in [0.2, 0.25) is 0 Å². The molecule has 3 nitrogen and oxygen atoms in total. The zero-order valence-corrected chi connectivity index (χ0v) is 7.11. The Bertz CT molecular complexity index is 6.85. The zero-order valence-electron chi connectivity index (χ0n) is 2.10. The molecular formula is AuO3Y. The fourth-order valence-electron chi connectivity index (χ4n) is 0. The number of hydrogen-bond acceptors (Lipinski definition) is 0. The van der Waals surface area contributed by atoms with Gasteiger partial charge in [-0.25, -0.2) is 0 Å². The van der Waals surface area contributed by atoms with Crippen LogP contribution in [-0.4, -0.2) is 0 Å². The fraction of sp³-hybridized carbons (Fsp3) is 0. The van der Waals surface area contributed by atoms with Gasteiger partial charge in [0.25, 0.3) is 0 Å². The van der Waals surface area contributed by atoms with Crippen molar-refractivity contribution in [3.05, 3.63) is 0 Å². The van der Waals surface area contributed by atoms with Crippen molar-refractivity contribution in [1.82, 2.24) is 0 Å². The second-order valence-electron chi connectivity index (χ2n) is 0. The Hall–Kier alpha value is 1.72. The van der Waals surface area contributed by atoms with Crippen LogP contribution in [-0.2, 0) is 71.5 Å². The van der Waals surface area contributed by atoms with Crippen molar-refractivity contribution >= 4 is 0 Å². The van der Waals surface area contributed by atoms with E-state index in [0.717, 1.165) is 0 Å². The number of rotatable bonds is 0. The predicted octanol–water partition coefficient (Wildman–Crippen LogP) is -0.361. The molecule has 0 amide bonds. The van der Waals surface area contributed by atoms with Gasteiger partial charge in [0.1, 0.15) is 0 Å². The van der Waals surface area contributed by atoms with Crippen LogP contribution in [0.15, 0.2) is 0 Å². The van der Waals surface area contributed by atoms with E-state index in [4.69, 9.17) is 0 Å². The average molecular weight is 334 g/mol. The van der Waals surface area contributed by atoms with Gasteiger partial charge >= 0.3 is 55.1 Å². The Balaban J connectivity index is 0. The molecule has 0 bridgehead atoms. The van der Waals surface area contributed by atoms with Gasteiger partial charge in [0.15, 0.2) is 0 Å². The van der Waals surface area contributed by atoms with Crippen LogP contribution >= 0.6 is 0 Å². The average Bonchev–Trinajstić information content (AvgIpc) is 0. The van der Waals surface area contributed by atoms with Crippen LogP contribution in [0.2, 0.25) is 0 Å².